The molecule has 2 atom stereocenters. The summed E-state index contributed by atoms with van der Waals surface area (Å²) in [6.07, 6.45) is 3.31. The van der Waals surface area contributed by atoms with Gasteiger partial charge in [0.25, 0.3) is 5.91 Å². The van der Waals surface area contributed by atoms with Gasteiger partial charge in [0.1, 0.15) is 5.69 Å². The molecule has 2 rings (SSSR count). The molecule has 1 amide bonds. The van der Waals surface area contributed by atoms with Crippen molar-refractivity contribution >= 4 is 11.6 Å². The van der Waals surface area contributed by atoms with Crippen LogP contribution in [0.15, 0.2) is 0 Å². The van der Waals surface area contributed by atoms with E-state index >= 15 is 0 Å². The zero-order chi connectivity index (χ0) is 13.4. The molecule has 0 radical (unpaired) electrons. The smallest absolute Gasteiger partial charge is 0.274 e. The molecule has 0 aromatic carbocycles. The Kier molecular flexibility index (Phi) is 3.32. The molecule has 1 aliphatic heterocycles. The van der Waals surface area contributed by atoms with Crippen molar-refractivity contribution in [3.8, 4) is 0 Å². The van der Waals surface area contributed by atoms with E-state index in [0.717, 1.165) is 18.5 Å². The van der Waals surface area contributed by atoms with Crippen molar-refractivity contribution in [1.82, 2.24) is 14.7 Å². The van der Waals surface area contributed by atoms with Gasteiger partial charge in [-0.15, -0.1) is 0 Å². The van der Waals surface area contributed by atoms with Gasteiger partial charge in [-0.1, -0.05) is 0 Å². The van der Waals surface area contributed by atoms with Crippen LogP contribution in [0.4, 0.5) is 5.69 Å². The summed E-state index contributed by atoms with van der Waals surface area (Å²) in [7, 11) is 1.77. The van der Waals surface area contributed by atoms with E-state index in [9.17, 15) is 4.79 Å². The van der Waals surface area contributed by atoms with E-state index in [4.69, 9.17) is 5.73 Å². The molecule has 5 heteroatoms. The molecule has 0 spiro atoms. The number of anilines is 1. The van der Waals surface area contributed by atoms with Crippen LogP contribution in [-0.4, -0.2) is 32.7 Å². The number of nitrogens with zero attached hydrogens (tertiary/aromatic N) is 3. The van der Waals surface area contributed by atoms with Gasteiger partial charge in [-0.25, -0.2) is 0 Å². The minimum atomic E-state index is 0.00954. The van der Waals surface area contributed by atoms with Crippen LogP contribution >= 0.6 is 0 Å². The van der Waals surface area contributed by atoms with Gasteiger partial charge in [0.05, 0.1) is 11.4 Å². The lowest BCUT2D eigenvalue weighted by Gasteiger charge is -2.39. The van der Waals surface area contributed by atoms with E-state index in [1.54, 1.807) is 11.7 Å². The molecular weight excluding hydrogens is 228 g/mol. The van der Waals surface area contributed by atoms with Crippen LogP contribution in [0.3, 0.4) is 0 Å². The van der Waals surface area contributed by atoms with Crippen LogP contribution in [0.2, 0.25) is 0 Å². The third kappa shape index (κ3) is 1.98. The molecule has 0 bridgehead atoms. The Morgan fingerprint density at radius 3 is 2.33 bits per heavy atom. The highest BCUT2D eigenvalue weighted by molar-refractivity contribution is 5.98. The van der Waals surface area contributed by atoms with Gasteiger partial charge in [-0.2, -0.15) is 5.10 Å². The number of nitrogens with two attached hydrogens (primary N) is 1. The molecule has 100 valence electrons. The summed E-state index contributed by atoms with van der Waals surface area (Å²) in [6.45, 7) is 6.04. The number of hydrogen-bond donors (Lipinski definition) is 1. The molecule has 18 heavy (non-hydrogen) atoms. The third-order valence-corrected chi connectivity index (χ3v) is 3.90. The summed E-state index contributed by atoms with van der Waals surface area (Å²) >= 11 is 0. The Balaban J connectivity index is 2.35. The molecule has 1 aromatic heterocycles. The highest BCUT2D eigenvalue weighted by Crippen LogP contribution is 2.26. The van der Waals surface area contributed by atoms with Gasteiger partial charge in [-0.05, 0) is 40.0 Å². The molecule has 1 aromatic rings. The fourth-order valence-corrected chi connectivity index (χ4v) is 2.87. The number of carbonyl (C=O) groups excluding carboxylic acids is 1. The van der Waals surface area contributed by atoms with Crippen molar-refractivity contribution < 1.29 is 4.79 Å². The van der Waals surface area contributed by atoms with Crippen LogP contribution in [0.1, 0.15) is 49.3 Å². The SMILES string of the molecule is Cc1nn(C)c(C(=O)N2[C@H](C)CCC[C@@H]2C)c1N. The number of aryl methyl sites for hydroxylation is 2. The van der Waals surface area contributed by atoms with Gasteiger partial charge in [0.2, 0.25) is 0 Å². The van der Waals surface area contributed by atoms with Crippen molar-refractivity contribution in [2.24, 2.45) is 7.05 Å². The highest BCUT2D eigenvalue weighted by Gasteiger charge is 2.32. The van der Waals surface area contributed by atoms with Crippen LogP contribution in [0.5, 0.6) is 0 Å². The monoisotopic (exact) mass is 250 g/mol. The largest absolute Gasteiger partial charge is 0.395 e. The maximum atomic E-state index is 12.7. The second kappa shape index (κ2) is 4.63. The van der Waals surface area contributed by atoms with Gasteiger partial charge in [-0.3, -0.25) is 9.48 Å². The first-order valence-corrected chi connectivity index (χ1v) is 6.55. The van der Waals surface area contributed by atoms with Gasteiger partial charge in [0.15, 0.2) is 0 Å². The number of hydrogen-bond acceptors (Lipinski definition) is 3. The predicted octanol–water partition coefficient (Wildman–Crippen LogP) is 1.71. The summed E-state index contributed by atoms with van der Waals surface area (Å²) in [5.74, 6) is 0.00954. The van der Waals surface area contributed by atoms with E-state index in [-0.39, 0.29) is 18.0 Å². The molecule has 0 unspecified atom stereocenters. The van der Waals surface area contributed by atoms with Gasteiger partial charge < -0.3 is 10.6 Å². The molecule has 1 saturated heterocycles. The Labute approximate surface area is 108 Å². The van der Waals surface area contributed by atoms with Crippen LogP contribution < -0.4 is 5.73 Å². The van der Waals surface area contributed by atoms with Crippen molar-refractivity contribution in [3.05, 3.63) is 11.4 Å². The minimum Gasteiger partial charge on any atom is -0.395 e. The summed E-state index contributed by atoms with van der Waals surface area (Å²) in [4.78, 5) is 14.6. The quantitative estimate of drug-likeness (QED) is 0.825. The maximum absolute atomic E-state index is 12.7. The lowest BCUT2D eigenvalue weighted by molar-refractivity contribution is 0.0500. The molecule has 2 heterocycles. The number of piperidine rings is 1. The number of rotatable bonds is 1. The second-order valence-corrected chi connectivity index (χ2v) is 5.31. The van der Waals surface area contributed by atoms with Crippen LogP contribution in [-0.2, 0) is 7.05 Å². The lowest BCUT2D eigenvalue weighted by Crippen LogP contribution is -2.48. The molecule has 2 N–H and O–H groups in total. The zero-order valence-corrected chi connectivity index (χ0v) is 11.6. The van der Waals surface area contributed by atoms with Crippen molar-refractivity contribution in [2.75, 3.05) is 5.73 Å². The fourth-order valence-electron chi connectivity index (χ4n) is 2.87. The molecule has 0 aliphatic carbocycles. The Morgan fingerprint density at radius 2 is 1.89 bits per heavy atom. The van der Waals surface area contributed by atoms with Gasteiger partial charge >= 0.3 is 0 Å². The number of amides is 1. The molecule has 0 saturated carbocycles. The van der Waals surface area contributed by atoms with Crippen molar-refractivity contribution in [2.45, 2.75) is 52.1 Å². The third-order valence-electron chi connectivity index (χ3n) is 3.90. The summed E-state index contributed by atoms with van der Waals surface area (Å²) in [5.41, 5.74) is 7.72. The van der Waals surface area contributed by atoms with Crippen molar-refractivity contribution in [1.29, 1.82) is 0 Å². The Bertz CT molecular complexity index is 456. The van der Waals surface area contributed by atoms with E-state index in [1.165, 1.54) is 6.42 Å². The predicted molar refractivity (Wildman–Crippen MR) is 71.3 cm³/mol. The standard InChI is InChI=1S/C13H22N4O/c1-8-6-5-7-9(2)17(8)13(18)12-11(14)10(3)15-16(12)4/h8-9H,5-7,14H2,1-4H3/t8-,9+. The second-order valence-electron chi connectivity index (χ2n) is 5.31. The number of likely N-dealkylation sites (tertiary alicyclic amines) is 1. The molecule has 1 aliphatic rings. The number of nitrogen functional groups attached to an aromatic ring is 1. The average molecular weight is 250 g/mol. The van der Waals surface area contributed by atoms with Crippen LogP contribution in [0.25, 0.3) is 0 Å². The van der Waals surface area contributed by atoms with E-state index in [2.05, 4.69) is 18.9 Å². The lowest BCUT2D eigenvalue weighted by atomic mass is 9.97. The highest BCUT2D eigenvalue weighted by atomic mass is 16.2. The topological polar surface area (TPSA) is 64.2 Å². The first kappa shape index (κ1) is 12.9. The Hall–Kier alpha value is -1.52. The molecular formula is C13H22N4O. The minimum absolute atomic E-state index is 0.00954. The van der Waals surface area contributed by atoms with Crippen LogP contribution in [0, 0.1) is 6.92 Å². The van der Waals surface area contributed by atoms with Gasteiger partial charge in [0, 0.05) is 19.1 Å². The Morgan fingerprint density at radius 1 is 1.33 bits per heavy atom. The summed E-state index contributed by atoms with van der Waals surface area (Å²) in [5, 5.41) is 4.22. The average Bonchev–Trinajstić information content (AvgIpc) is 2.52. The summed E-state index contributed by atoms with van der Waals surface area (Å²) < 4.78 is 1.60. The molecule has 5 nitrogen and oxygen atoms in total. The first-order valence-electron chi connectivity index (χ1n) is 6.55. The van der Waals surface area contributed by atoms with E-state index in [0.29, 0.717) is 11.4 Å². The normalized spacial score (nSPS) is 24.3. The number of aromatic nitrogens is 2. The van der Waals surface area contributed by atoms with Crippen molar-refractivity contribution in [3.63, 3.8) is 0 Å². The molecule has 1 fully saturated rings. The van der Waals surface area contributed by atoms with E-state index < -0.39 is 0 Å². The first-order chi connectivity index (χ1) is 8.43. The summed E-state index contributed by atoms with van der Waals surface area (Å²) in [6, 6.07) is 0.548. The fraction of sp³-hybridized carbons (Fsp3) is 0.692. The van der Waals surface area contributed by atoms with E-state index in [1.807, 2.05) is 11.8 Å². The zero-order valence-electron chi connectivity index (χ0n) is 11.6. The maximum Gasteiger partial charge on any atom is 0.274 e. The number of carbonyl (C=O) groups is 1.